The zero-order valence-electron chi connectivity index (χ0n) is 15.8. The van der Waals surface area contributed by atoms with Gasteiger partial charge >= 0.3 is 0 Å². The summed E-state index contributed by atoms with van der Waals surface area (Å²) in [5, 5.41) is 7.09. The van der Waals surface area contributed by atoms with E-state index in [1.54, 1.807) is 27.9 Å². The van der Waals surface area contributed by atoms with Gasteiger partial charge in [-0.3, -0.25) is 14.3 Å². The van der Waals surface area contributed by atoms with Crippen LogP contribution in [-0.4, -0.2) is 33.0 Å². The zero-order chi connectivity index (χ0) is 20.2. The third kappa shape index (κ3) is 4.68. The minimum Gasteiger partial charge on any atom is -0.338 e. The van der Waals surface area contributed by atoms with E-state index in [1.807, 2.05) is 36.5 Å². The molecule has 1 saturated heterocycles. The molecule has 1 N–H and O–H groups in total. The van der Waals surface area contributed by atoms with E-state index >= 15 is 0 Å². The van der Waals surface area contributed by atoms with Crippen LogP contribution in [-0.2, 0) is 22.7 Å². The molecule has 1 aliphatic rings. The van der Waals surface area contributed by atoms with Crippen molar-refractivity contribution in [2.45, 2.75) is 19.5 Å². The molecule has 29 heavy (non-hydrogen) atoms. The second-order valence-electron chi connectivity index (χ2n) is 7.20. The van der Waals surface area contributed by atoms with Crippen LogP contribution in [0.15, 0.2) is 67.0 Å². The van der Waals surface area contributed by atoms with Crippen molar-refractivity contribution in [3.63, 3.8) is 0 Å². The first-order chi connectivity index (χ1) is 14.1. The number of carbonyl (C=O) groups excluding carboxylic acids is 2. The summed E-state index contributed by atoms with van der Waals surface area (Å²) in [5.74, 6) is -1.04. The van der Waals surface area contributed by atoms with E-state index in [4.69, 9.17) is 0 Å². The van der Waals surface area contributed by atoms with Gasteiger partial charge in [-0.25, -0.2) is 4.39 Å². The Morgan fingerprint density at radius 3 is 2.66 bits per heavy atom. The molecule has 2 aromatic carbocycles. The molecule has 0 radical (unpaired) electrons. The van der Waals surface area contributed by atoms with Crippen LogP contribution < -0.4 is 5.32 Å². The molecule has 0 spiro atoms. The summed E-state index contributed by atoms with van der Waals surface area (Å²) >= 11 is 0. The number of hydrogen-bond donors (Lipinski definition) is 1. The molecule has 1 aliphatic heterocycles. The molecule has 148 valence electrons. The van der Waals surface area contributed by atoms with E-state index < -0.39 is 5.92 Å². The van der Waals surface area contributed by atoms with Crippen molar-refractivity contribution in [2.24, 2.45) is 5.92 Å². The van der Waals surface area contributed by atoms with Gasteiger partial charge in [-0.1, -0.05) is 24.3 Å². The minimum absolute atomic E-state index is 0.0955. The Hall–Kier alpha value is -3.48. The maximum Gasteiger partial charge on any atom is 0.229 e. The predicted octanol–water partition coefficient (Wildman–Crippen LogP) is 3.06. The molecule has 7 heteroatoms. The van der Waals surface area contributed by atoms with Gasteiger partial charge in [0.25, 0.3) is 0 Å². The van der Waals surface area contributed by atoms with E-state index in [0.717, 1.165) is 5.56 Å². The molecule has 2 amide bonds. The zero-order valence-corrected chi connectivity index (χ0v) is 15.8. The number of hydrogen-bond acceptors (Lipinski definition) is 3. The number of halogens is 1. The Balaban J connectivity index is 1.37. The van der Waals surface area contributed by atoms with Crippen LogP contribution in [0.3, 0.4) is 0 Å². The van der Waals surface area contributed by atoms with Crippen LogP contribution in [0.5, 0.6) is 0 Å². The summed E-state index contributed by atoms with van der Waals surface area (Å²) in [6.07, 6.45) is 3.76. The van der Waals surface area contributed by atoms with Gasteiger partial charge < -0.3 is 10.2 Å². The highest BCUT2D eigenvalue weighted by atomic mass is 19.1. The second-order valence-corrected chi connectivity index (χ2v) is 7.20. The predicted molar refractivity (Wildman–Crippen MR) is 106 cm³/mol. The Labute approximate surface area is 167 Å². The number of benzene rings is 2. The minimum atomic E-state index is -0.425. The molecule has 1 fully saturated rings. The molecular weight excluding hydrogens is 371 g/mol. The van der Waals surface area contributed by atoms with Gasteiger partial charge in [-0.2, -0.15) is 5.10 Å². The molecule has 0 saturated carbocycles. The van der Waals surface area contributed by atoms with Crippen LogP contribution in [0.1, 0.15) is 17.5 Å². The summed E-state index contributed by atoms with van der Waals surface area (Å²) in [7, 11) is 0. The first kappa shape index (κ1) is 18.9. The lowest BCUT2D eigenvalue weighted by molar-refractivity contribution is -0.128. The number of likely N-dealkylation sites (tertiary alicyclic amines) is 1. The quantitative estimate of drug-likeness (QED) is 0.701. The van der Waals surface area contributed by atoms with Gasteiger partial charge in [0.15, 0.2) is 0 Å². The van der Waals surface area contributed by atoms with Crippen LogP contribution >= 0.6 is 0 Å². The topological polar surface area (TPSA) is 67.2 Å². The van der Waals surface area contributed by atoms with Gasteiger partial charge in [-0.15, -0.1) is 0 Å². The molecule has 4 rings (SSSR count). The Morgan fingerprint density at radius 1 is 1.10 bits per heavy atom. The summed E-state index contributed by atoms with van der Waals surface area (Å²) in [5.41, 5.74) is 2.42. The molecule has 6 nitrogen and oxygen atoms in total. The average molecular weight is 392 g/mol. The molecule has 3 aromatic rings. The second kappa shape index (κ2) is 8.26. The largest absolute Gasteiger partial charge is 0.338 e. The summed E-state index contributed by atoms with van der Waals surface area (Å²) in [6, 6.07) is 15.6. The van der Waals surface area contributed by atoms with Crippen LogP contribution in [0.25, 0.3) is 0 Å². The molecule has 1 atom stereocenters. The molecule has 2 heterocycles. The maximum absolute atomic E-state index is 13.4. The van der Waals surface area contributed by atoms with Crippen molar-refractivity contribution in [3.05, 3.63) is 83.9 Å². The van der Waals surface area contributed by atoms with E-state index in [0.29, 0.717) is 30.9 Å². The summed E-state index contributed by atoms with van der Waals surface area (Å²) in [4.78, 5) is 26.6. The van der Waals surface area contributed by atoms with Gasteiger partial charge in [0.2, 0.25) is 11.8 Å². The number of carbonyl (C=O) groups is 2. The standard InChI is InChI=1S/C22H21FN4O2/c23-19-6-1-4-16(10-19)13-26-15-18(12-21(26)28)22(29)25-20-7-2-5-17(11-20)14-27-9-3-8-24-27/h1-11,18H,12-15H2,(H,25,29). The van der Waals surface area contributed by atoms with Crippen molar-refractivity contribution in [3.8, 4) is 0 Å². The highest BCUT2D eigenvalue weighted by Crippen LogP contribution is 2.22. The van der Waals surface area contributed by atoms with Crippen molar-refractivity contribution < 1.29 is 14.0 Å². The number of aromatic nitrogens is 2. The normalized spacial score (nSPS) is 16.2. The van der Waals surface area contributed by atoms with Crippen LogP contribution in [0, 0.1) is 11.7 Å². The lowest BCUT2D eigenvalue weighted by atomic mass is 10.1. The van der Waals surface area contributed by atoms with E-state index in [-0.39, 0.29) is 24.1 Å². The first-order valence-corrected chi connectivity index (χ1v) is 9.46. The maximum atomic E-state index is 13.4. The molecular formula is C22H21FN4O2. The monoisotopic (exact) mass is 392 g/mol. The number of anilines is 1. The average Bonchev–Trinajstić information content (AvgIpc) is 3.32. The Bertz CT molecular complexity index is 1020. The summed E-state index contributed by atoms with van der Waals surface area (Å²) < 4.78 is 15.2. The number of rotatable bonds is 6. The van der Waals surface area contributed by atoms with E-state index in [9.17, 15) is 14.0 Å². The van der Waals surface area contributed by atoms with Gasteiger partial charge in [0, 0.05) is 37.6 Å². The fourth-order valence-electron chi connectivity index (χ4n) is 3.53. The molecule has 1 aromatic heterocycles. The van der Waals surface area contributed by atoms with Gasteiger partial charge in [0.1, 0.15) is 5.82 Å². The van der Waals surface area contributed by atoms with Crippen molar-refractivity contribution >= 4 is 17.5 Å². The smallest absolute Gasteiger partial charge is 0.229 e. The summed E-state index contributed by atoms with van der Waals surface area (Å²) in [6.45, 7) is 1.24. The Morgan fingerprint density at radius 2 is 1.90 bits per heavy atom. The molecule has 0 bridgehead atoms. The third-order valence-electron chi connectivity index (χ3n) is 4.95. The van der Waals surface area contributed by atoms with Crippen LogP contribution in [0.4, 0.5) is 10.1 Å². The fourth-order valence-corrected chi connectivity index (χ4v) is 3.53. The van der Waals surface area contributed by atoms with Gasteiger partial charge in [-0.05, 0) is 41.5 Å². The molecule has 0 aliphatic carbocycles. The van der Waals surface area contributed by atoms with Crippen LogP contribution in [0.2, 0.25) is 0 Å². The van der Waals surface area contributed by atoms with Crippen molar-refractivity contribution in [2.75, 3.05) is 11.9 Å². The Kier molecular flexibility index (Phi) is 5.37. The van der Waals surface area contributed by atoms with E-state index in [1.165, 1.54) is 12.1 Å². The number of nitrogens with one attached hydrogen (secondary N) is 1. The third-order valence-corrected chi connectivity index (χ3v) is 4.95. The lowest BCUT2D eigenvalue weighted by Gasteiger charge is -2.17. The highest BCUT2D eigenvalue weighted by Gasteiger charge is 2.34. The molecule has 1 unspecified atom stereocenters. The fraction of sp³-hybridized carbons (Fsp3) is 0.227. The SMILES string of the molecule is O=C(Nc1cccc(Cn2cccn2)c1)C1CC(=O)N(Cc2cccc(F)c2)C1. The highest BCUT2D eigenvalue weighted by molar-refractivity contribution is 5.97. The van der Waals surface area contributed by atoms with Crippen molar-refractivity contribution in [1.82, 2.24) is 14.7 Å². The van der Waals surface area contributed by atoms with E-state index in [2.05, 4.69) is 10.4 Å². The van der Waals surface area contributed by atoms with Gasteiger partial charge in [0.05, 0.1) is 12.5 Å². The number of amides is 2. The van der Waals surface area contributed by atoms with Crippen molar-refractivity contribution in [1.29, 1.82) is 0 Å². The first-order valence-electron chi connectivity index (χ1n) is 9.46. The lowest BCUT2D eigenvalue weighted by Crippen LogP contribution is -2.28. The number of nitrogens with zero attached hydrogens (tertiary/aromatic N) is 3.